The topological polar surface area (TPSA) is 46.5 Å². The quantitative estimate of drug-likeness (QED) is 0.855. The number of hydrogen-bond acceptors (Lipinski definition) is 2. The summed E-state index contributed by atoms with van der Waals surface area (Å²) in [6.45, 7) is -1.29. The molecule has 1 aromatic carbocycles. The smallest absolute Gasteiger partial charge is 0.405 e. The first kappa shape index (κ1) is 14.2. The molecule has 0 saturated carbocycles. The van der Waals surface area contributed by atoms with Gasteiger partial charge in [0.25, 0.3) is 0 Å². The van der Waals surface area contributed by atoms with Crippen LogP contribution in [0.3, 0.4) is 0 Å². The summed E-state index contributed by atoms with van der Waals surface area (Å²) in [6, 6.07) is 1.97. The monoisotopic (exact) mass is 270 g/mol. The van der Waals surface area contributed by atoms with Gasteiger partial charge in [0.2, 0.25) is 0 Å². The maximum atomic E-state index is 13.0. The number of carboxylic acids is 1. The normalized spacial score (nSPS) is 13.2. The molecule has 0 heterocycles. The Kier molecular flexibility index (Phi) is 4.10. The summed E-state index contributed by atoms with van der Waals surface area (Å²) >= 11 is 0. The Labute approximate surface area is 97.8 Å². The lowest BCUT2D eigenvalue weighted by Gasteiger charge is -2.16. The number of rotatable bonds is 4. The van der Waals surface area contributed by atoms with E-state index < -0.39 is 42.1 Å². The van der Waals surface area contributed by atoms with Gasteiger partial charge in [-0.05, 0) is 12.1 Å². The summed E-state index contributed by atoms with van der Waals surface area (Å²) in [5.41, 5.74) is 0. The first-order chi connectivity index (χ1) is 8.21. The lowest BCUT2D eigenvalue weighted by Crippen LogP contribution is -2.35. The van der Waals surface area contributed by atoms with Crippen molar-refractivity contribution >= 4 is 5.97 Å². The van der Waals surface area contributed by atoms with Crippen molar-refractivity contribution in [1.29, 1.82) is 0 Å². The summed E-state index contributed by atoms with van der Waals surface area (Å²) in [5.74, 6) is -7.69. The van der Waals surface area contributed by atoms with Crippen LogP contribution in [-0.4, -0.2) is 23.9 Å². The van der Waals surface area contributed by atoms with E-state index in [0.717, 1.165) is 12.1 Å². The number of hydrogen-bond donors (Lipinski definition) is 1. The Balaban J connectivity index is 2.77. The molecular weight excluding hydrogens is 263 g/mol. The summed E-state index contributed by atoms with van der Waals surface area (Å²) in [6.07, 6.45) is -5.01. The molecule has 0 spiro atoms. The van der Waals surface area contributed by atoms with E-state index in [0.29, 0.717) is 6.07 Å². The van der Waals surface area contributed by atoms with Crippen molar-refractivity contribution in [3.05, 3.63) is 29.8 Å². The average Bonchev–Trinajstić information content (AvgIpc) is 2.18. The minimum Gasteiger partial charge on any atom is -0.489 e. The maximum Gasteiger partial charge on any atom is 0.405 e. The number of benzene rings is 1. The zero-order valence-electron chi connectivity index (χ0n) is 8.67. The van der Waals surface area contributed by atoms with Crippen LogP contribution in [0.25, 0.3) is 0 Å². The second-order valence-corrected chi connectivity index (χ2v) is 3.32. The molecular formula is C10H7F5O3. The van der Waals surface area contributed by atoms with Crippen molar-refractivity contribution in [2.45, 2.75) is 6.18 Å². The van der Waals surface area contributed by atoms with E-state index in [1.807, 2.05) is 0 Å². The van der Waals surface area contributed by atoms with Gasteiger partial charge < -0.3 is 9.84 Å². The van der Waals surface area contributed by atoms with Crippen molar-refractivity contribution in [2.75, 3.05) is 6.61 Å². The molecule has 0 saturated heterocycles. The number of aliphatic carboxylic acids is 1. The highest BCUT2D eigenvalue weighted by molar-refractivity contribution is 5.71. The molecule has 0 fully saturated rings. The van der Waals surface area contributed by atoms with Crippen molar-refractivity contribution in [1.82, 2.24) is 0 Å². The van der Waals surface area contributed by atoms with Crippen LogP contribution in [0.5, 0.6) is 5.75 Å². The lowest BCUT2D eigenvalue weighted by atomic mass is 10.1. The molecule has 0 amide bonds. The standard InChI is InChI=1S/C10H7F5O3/c11-5-1-2-8(7(12)3-5)18-4-6(9(16)17)10(13,14)15/h1-3,6H,4H2,(H,16,17). The minimum absolute atomic E-state index is 0.415. The highest BCUT2D eigenvalue weighted by atomic mass is 19.4. The molecule has 100 valence electrons. The van der Waals surface area contributed by atoms with Crippen molar-refractivity contribution in [2.24, 2.45) is 5.92 Å². The zero-order valence-corrected chi connectivity index (χ0v) is 8.67. The molecule has 8 heteroatoms. The molecule has 0 radical (unpaired) electrons. The van der Waals surface area contributed by atoms with Gasteiger partial charge in [-0.1, -0.05) is 0 Å². The van der Waals surface area contributed by atoms with Crippen molar-refractivity contribution < 1.29 is 36.6 Å². The number of halogens is 5. The first-order valence-electron chi connectivity index (χ1n) is 4.59. The molecule has 1 rings (SSSR count). The fraction of sp³-hybridized carbons (Fsp3) is 0.300. The Morgan fingerprint density at radius 2 is 1.94 bits per heavy atom. The molecule has 0 aliphatic rings. The number of carbonyl (C=O) groups is 1. The molecule has 0 aromatic heterocycles. The third-order valence-corrected chi connectivity index (χ3v) is 1.99. The van der Waals surface area contributed by atoms with Crippen molar-refractivity contribution in [3.8, 4) is 5.75 Å². The van der Waals surface area contributed by atoms with Crippen LogP contribution in [0.15, 0.2) is 18.2 Å². The van der Waals surface area contributed by atoms with E-state index in [2.05, 4.69) is 4.74 Å². The second kappa shape index (κ2) is 5.19. The number of ether oxygens (including phenoxy) is 1. The molecule has 1 unspecified atom stereocenters. The highest BCUT2D eigenvalue weighted by Crippen LogP contribution is 2.28. The van der Waals surface area contributed by atoms with Gasteiger partial charge in [-0.2, -0.15) is 13.2 Å². The molecule has 0 aliphatic heterocycles. The third kappa shape index (κ3) is 3.57. The third-order valence-electron chi connectivity index (χ3n) is 1.99. The van der Waals surface area contributed by atoms with Gasteiger partial charge in [-0.15, -0.1) is 0 Å². The van der Waals surface area contributed by atoms with Crippen LogP contribution in [0.4, 0.5) is 22.0 Å². The molecule has 1 atom stereocenters. The van der Waals surface area contributed by atoms with Gasteiger partial charge >= 0.3 is 12.1 Å². The van der Waals surface area contributed by atoms with Crippen LogP contribution in [0.1, 0.15) is 0 Å². The van der Waals surface area contributed by atoms with E-state index in [4.69, 9.17) is 5.11 Å². The highest BCUT2D eigenvalue weighted by Gasteiger charge is 2.45. The van der Waals surface area contributed by atoms with Crippen LogP contribution in [0, 0.1) is 17.6 Å². The minimum atomic E-state index is -5.01. The Morgan fingerprint density at radius 3 is 2.39 bits per heavy atom. The largest absolute Gasteiger partial charge is 0.489 e. The number of alkyl halides is 3. The summed E-state index contributed by atoms with van der Waals surface area (Å²) in [7, 11) is 0. The lowest BCUT2D eigenvalue weighted by molar-refractivity contribution is -0.198. The Bertz CT molecular complexity index is 444. The van der Waals surface area contributed by atoms with Crippen LogP contribution >= 0.6 is 0 Å². The van der Waals surface area contributed by atoms with Gasteiger partial charge in [0, 0.05) is 6.07 Å². The van der Waals surface area contributed by atoms with E-state index >= 15 is 0 Å². The maximum absolute atomic E-state index is 13.0. The van der Waals surface area contributed by atoms with E-state index in [1.165, 1.54) is 0 Å². The summed E-state index contributed by atoms with van der Waals surface area (Å²) in [4.78, 5) is 10.4. The Morgan fingerprint density at radius 1 is 1.33 bits per heavy atom. The van der Waals surface area contributed by atoms with Gasteiger partial charge in [0.05, 0.1) is 0 Å². The average molecular weight is 270 g/mol. The summed E-state index contributed by atoms with van der Waals surface area (Å²) < 4.78 is 66.6. The van der Waals surface area contributed by atoms with Crippen LogP contribution in [-0.2, 0) is 4.79 Å². The number of carboxylic acid groups (broad SMARTS) is 1. The van der Waals surface area contributed by atoms with Gasteiger partial charge in [-0.3, -0.25) is 4.79 Å². The molecule has 1 aromatic rings. The summed E-state index contributed by atoms with van der Waals surface area (Å²) in [5, 5.41) is 8.35. The van der Waals surface area contributed by atoms with E-state index in [-0.39, 0.29) is 0 Å². The van der Waals surface area contributed by atoms with Crippen molar-refractivity contribution in [3.63, 3.8) is 0 Å². The van der Waals surface area contributed by atoms with Gasteiger partial charge in [-0.25, -0.2) is 8.78 Å². The molecule has 3 nitrogen and oxygen atoms in total. The van der Waals surface area contributed by atoms with Gasteiger partial charge in [0.1, 0.15) is 12.4 Å². The fourth-order valence-electron chi connectivity index (χ4n) is 1.07. The van der Waals surface area contributed by atoms with Gasteiger partial charge in [0.15, 0.2) is 17.5 Å². The van der Waals surface area contributed by atoms with E-state index in [1.54, 1.807) is 0 Å². The Hall–Kier alpha value is -1.86. The SMILES string of the molecule is O=C(O)C(COc1ccc(F)cc1F)C(F)(F)F. The predicted octanol–water partition coefficient (Wildman–Crippen LogP) is 2.61. The van der Waals surface area contributed by atoms with Crippen LogP contribution in [0.2, 0.25) is 0 Å². The zero-order chi connectivity index (χ0) is 13.9. The molecule has 0 aliphatic carbocycles. The molecule has 0 bridgehead atoms. The molecule has 18 heavy (non-hydrogen) atoms. The van der Waals surface area contributed by atoms with Crippen LogP contribution < -0.4 is 4.74 Å². The van der Waals surface area contributed by atoms with E-state index in [9.17, 15) is 26.7 Å². The second-order valence-electron chi connectivity index (χ2n) is 3.32. The molecule has 1 N–H and O–H groups in total. The fourth-order valence-corrected chi connectivity index (χ4v) is 1.07. The first-order valence-corrected chi connectivity index (χ1v) is 4.59. The predicted molar refractivity (Wildman–Crippen MR) is 49.0 cm³/mol.